The molecule has 3 amide bonds. The molecule has 1 N–H and O–H groups in total. The van der Waals surface area contributed by atoms with Gasteiger partial charge in [-0.2, -0.15) is 0 Å². The van der Waals surface area contributed by atoms with Gasteiger partial charge in [0.15, 0.2) is 0 Å². The molecule has 1 saturated carbocycles. The van der Waals surface area contributed by atoms with Crippen LogP contribution in [0.15, 0.2) is 42.6 Å². The molecule has 1 aromatic carbocycles. The van der Waals surface area contributed by atoms with Gasteiger partial charge >= 0.3 is 6.03 Å². The second-order valence-electron chi connectivity index (χ2n) is 9.18. The summed E-state index contributed by atoms with van der Waals surface area (Å²) in [6.07, 6.45) is 3.93. The Morgan fingerprint density at radius 1 is 1.13 bits per heavy atom. The lowest BCUT2D eigenvalue weighted by atomic mass is 9.99. The zero-order valence-corrected chi connectivity index (χ0v) is 18.5. The number of hydrogen-bond donors (Lipinski definition) is 1. The van der Waals surface area contributed by atoms with Crippen LogP contribution in [0.3, 0.4) is 0 Å². The number of nitrogens with one attached hydrogen (secondary N) is 1. The number of carbonyl (C=O) groups excluding carboxylic acids is 2. The van der Waals surface area contributed by atoms with Crippen LogP contribution < -0.4 is 5.32 Å². The predicted molar refractivity (Wildman–Crippen MR) is 117 cm³/mol. The lowest BCUT2D eigenvalue weighted by Gasteiger charge is -2.39. The smallest absolute Gasteiger partial charge is 0.318 e. The summed E-state index contributed by atoms with van der Waals surface area (Å²) in [7, 11) is 0. The number of hydrogen-bond acceptors (Lipinski definition) is 2. The van der Waals surface area contributed by atoms with E-state index in [1.54, 1.807) is 4.90 Å². The summed E-state index contributed by atoms with van der Waals surface area (Å²) in [5.74, 6) is -0.0525. The van der Waals surface area contributed by atoms with Crippen molar-refractivity contribution in [1.82, 2.24) is 19.7 Å². The van der Waals surface area contributed by atoms with Gasteiger partial charge in [-0.15, -0.1) is 0 Å². The summed E-state index contributed by atoms with van der Waals surface area (Å²) < 4.78 is 2.17. The molecule has 0 spiro atoms. The Bertz CT molecular complexity index is 945. The van der Waals surface area contributed by atoms with Gasteiger partial charge in [-0.1, -0.05) is 29.8 Å². The van der Waals surface area contributed by atoms with Gasteiger partial charge in [0.25, 0.3) is 0 Å². The molecule has 160 valence electrons. The van der Waals surface area contributed by atoms with Crippen molar-refractivity contribution in [1.29, 1.82) is 0 Å². The van der Waals surface area contributed by atoms with Gasteiger partial charge in [0.05, 0.1) is 6.04 Å². The van der Waals surface area contributed by atoms with Gasteiger partial charge in [0, 0.05) is 41.6 Å². The second kappa shape index (κ2) is 7.99. The number of halogens is 1. The molecule has 2 heterocycles. The van der Waals surface area contributed by atoms with Crippen LogP contribution >= 0.6 is 11.6 Å². The van der Waals surface area contributed by atoms with Crippen molar-refractivity contribution in [2.45, 2.75) is 57.8 Å². The Kier molecular flexibility index (Phi) is 5.53. The summed E-state index contributed by atoms with van der Waals surface area (Å²) in [6.45, 7) is 7.23. The number of carbonyl (C=O) groups is 2. The van der Waals surface area contributed by atoms with Gasteiger partial charge in [0.2, 0.25) is 5.91 Å². The first-order chi connectivity index (χ1) is 14.2. The average molecular weight is 429 g/mol. The van der Waals surface area contributed by atoms with E-state index in [1.807, 2.05) is 68.3 Å². The molecular weight excluding hydrogens is 400 g/mol. The van der Waals surface area contributed by atoms with E-state index in [-0.39, 0.29) is 36.1 Å². The summed E-state index contributed by atoms with van der Waals surface area (Å²) in [6, 6.07) is 11.4. The number of fused-ring (bicyclic) bond motifs is 1. The molecule has 1 fully saturated rings. The second-order valence-corrected chi connectivity index (χ2v) is 9.58. The standard InChI is InChI=1S/C23H29ClN4O2/c1-23(2,3)25-22(30)28(16-10-11-16)15-20(29)27-14-13-26-12-6-9-19(26)21(27)17-7-4-5-8-18(17)24/h4-9,12,16,21H,10-11,13-15H2,1-3H3,(H,25,30)/t21-/m1/s1. The monoisotopic (exact) mass is 428 g/mol. The van der Waals surface area contributed by atoms with E-state index >= 15 is 0 Å². The molecule has 30 heavy (non-hydrogen) atoms. The van der Waals surface area contributed by atoms with Crippen molar-refractivity contribution in [3.05, 3.63) is 58.9 Å². The van der Waals surface area contributed by atoms with Crippen LogP contribution in [-0.4, -0.2) is 51.0 Å². The highest BCUT2D eigenvalue weighted by atomic mass is 35.5. The first-order valence-electron chi connectivity index (χ1n) is 10.5. The third kappa shape index (κ3) is 4.33. The zero-order valence-electron chi connectivity index (χ0n) is 17.8. The molecule has 1 aliphatic carbocycles. The minimum Gasteiger partial charge on any atom is -0.348 e. The summed E-state index contributed by atoms with van der Waals surface area (Å²) in [5, 5.41) is 3.64. The summed E-state index contributed by atoms with van der Waals surface area (Å²) in [5.41, 5.74) is 1.60. The number of nitrogens with zero attached hydrogens (tertiary/aromatic N) is 3. The van der Waals surface area contributed by atoms with Crippen LogP contribution in [0.25, 0.3) is 0 Å². The van der Waals surface area contributed by atoms with Gasteiger partial charge < -0.3 is 19.7 Å². The molecule has 0 saturated heterocycles. The van der Waals surface area contributed by atoms with Crippen molar-refractivity contribution in [3.63, 3.8) is 0 Å². The lowest BCUT2D eigenvalue weighted by Crippen LogP contribution is -2.53. The van der Waals surface area contributed by atoms with Crippen LogP contribution in [-0.2, 0) is 11.3 Å². The number of rotatable bonds is 4. The van der Waals surface area contributed by atoms with Crippen molar-refractivity contribution >= 4 is 23.5 Å². The first-order valence-corrected chi connectivity index (χ1v) is 10.9. The van der Waals surface area contributed by atoms with E-state index in [9.17, 15) is 9.59 Å². The fourth-order valence-corrected chi connectivity index (χ4v) is 4.30. The van der Waals surface area contributed by atoms with Gasteiger partial charge in [-0.05, 0) is 57.4 Å². The maximum Gasteiger partial charge on any atom is 0.318 e. The van der Waals surface area contributed by atoms with Gasteiger partial charge in [-0.25, -0.2) is 4.79 Å². The van der Waals surface area contributed by atoms with Crippen molar-refractivity contribution in [2.24, 2.45) is 0 Å². The molecule has 0 bridgehead atoms. The third-order valence-corrected chi connectivity index (χ3v) is 5.94. The Labute approximate surface area is 182 Å². The van der Waals surface area contributed by atoms with Crippen LogP contribution in [0.4, 0.5) is 4.79 Å². The maximum atomic E-state index is 13.5. The number of benzene rings is 1. The van der Waals surface area contributed by atoms with E-state index in [1.165, 1.54) is 0 Å². The van der Waals surface area contributed by atoms with E-state index in [0.717, 1.165) is 30.6 Å². The van der Waals surface area contributed by atoms with Crippen LogP contribution in [0.5, 0.6) is 0 Å². The SMILES string of the molecule is CC(C)(C)NC(=O)N(CC(=O)N1CCn2cccc2[C@H]1c1ccccc1Cl)C1CC1. The first kappa shape index (κ1) is 20.8. The lowest BCUT2D eigenvalue weighted by molar-refractivity contribution is -0.134. The quantitative estimate of drug-likeness (QED) is 0.798. The van der Waals surface area contributed by atoms with Crippen LogP contribution in [0, 0.1) is 0 Å². The molecule has 2 aliphatic rings. The molecule has 1 aromatic heterocycles. The Morgan fingerprint density at radius 3 is 2.53 bits per heavy atom. The van der Waals surface area contributed by atoms with E-state index in [4.69, 9.17) is 11.6 Å². The minimum absolute atomic E-state index is 0.0525. The highest BCUT2D eigenvalue weighted by Crippen LogP contribution is 2.36. The maximum absolute atomic E-state index is 13.5. The highest BCUT2D eigenvalue weighted by molar-refractivity contribution is 6.31. The predicted octanol–water partition coefficient (Wildman–Crippen LogP) is 4.05. The van der Waals surface area contributed by atoms with Crippen molar-refractivity contribution in [3.8, 4) is 0 Å². The summed E-state index contributed by atoms with van der Waals surface area (Å²) >= 11 is 6.53. The molecule has 4 rings (SSSR count). The summed E-state index contributed by atoms with van der Waals surface area (Å²) in [4.78, 5) is 29.9. The molecule has 0 unspecified atom stereocenters. The van der Waals surface area contributed by atoms with Gasteiger partial charge in [-0.3, -0.25) is 4.79 Å². The van der Waals surface area contributed by atoms with Gasteiger partial charge in [0.1, 0.15) is 6.54 Å². The molecule has 0 radical (unpaired) electrons. The minimum atomic E-state index is -0.348. The highest BCUT2D eigenvalue weighted by Gasteiger charge is 2.39. The zero-order chi connectivity index (χ0) is 21.5. The molecule has 7 heteroatoms. The fraction of sp³-hybridized carbons (Fsp3) is 0.478. The Hall–Kier alpha value is -2.47. The number of urea groups is 1. The largest absolute Gasteiger partial charge is 0.348 e. The Balaban J connectivity index is 1.60. The van der Waals surface area contributed by atoms with E-state index in [0.29, 0.717) is 11.6 Å². The number of aromatic nitrogens is 1. The van der Waals surface area contributed by atoms with Crippen molar-refractivity contribution < 1.29 is 9.59 Å². The van der Waals surface area contributed by atoms with Crippen LogP contribution in [0.1, 0.15) is 50.9 Å². The molecule has 1 aliphatic heterocycles. The van der Waals surface area contributed by atoms with E-state index < -0.39 is 0 Å². The van der Waals surface area contributed by atoms with Crippen LogP contribution in [0.2, 0.25) is 5.02 Å². The topological polar surface area (TPSA) is 57.6 Å². The molecule has 6 nitrogen and oxygen atoms in total. The normalized spacial score (nSPS) is 18.7. The van der Waals surface area contributed by atoms with Crippen molar-refractivity contribution in [2.75, 3.05) is 13.1 Å². The Morgan fingerprint density at radius 2 is 1.87 bits per heavy atom. The van der Waals surface area contributed by atoms with E-state index in [2.05, 4.69) is 9.88 Å². The molecule has 2 aromatic rings. The molecule has 1 atom stereocenters. The molecular formula is C23H29ClN4O2. The fourth-order valence-electron chi connectivity index (χ4n) is 4.06. The average Bonchev–Trinajstić information content (AvgIpc) is 3.40. The third-order valence-electron chi connectivity index (χ3n) is 5.59. The number of amides is 3.